The molecule has 1 aromatic heterocycles. The third kappa shape index (κ3) is 2.84. The number of hydrogen-bond donors (Lipinski definition) is 1. The van der Waals surface area contributed by atoms with Crippen molar-refractivity contribution >= 4 is 33.2 Å². The smallest absolute Gasteiger partial charge is 0.239 e. The van der Waals surface area contributed by atoms with E-state index < -0.39 is 0 Å². The normalized spacial score (nSPS) is 17.8. The number of carbonyl (C=O) groups is 1. The quantitative estimate of drug-likeness (QED) is 0.928. The fraction of sp³-hybridized carbons (Fsp3) is 0.545. The summed E-state index contributed by atoms with van der Waals surface area (Å²) in [4.78, 5) is 15.0. The first-order valence-electron chi connectivity index (χ1n) is 5.44. The predicted octanol–water partition coefficient (Wildman–Crippen LogP) is 2.00. The number of halogens is 1. The largest absolute Gasteiger partial charge is 0.341 e. The van der Waals surface area contributed by atoms with Gasteiger partial charge in [-0.05, 0) is 34.8 Å². The molecular formula is C11H15BrN2OS. The highest BCUT2D eigenvalue weighted by molar-refractivity contribution is 9.10. The molecule has 1 saturated heterocycles. The van der Waals surface area contributed by atoms with E-state index in [9.17, 15) is 4.79 Å². The van der Waals surface area contributed by atoms with E-state index in [0.29, 0.717) is 6.42 Å². The minimum absolute atomic E-state index is 0.0991. The standard InChI is InChI=1S/C11H15BrN2OS/c12-8-5-9(16-7-8)6-10(13)11(15)14-3-1-2-4-14/h5,7,10H,1-4,6,13H2. The fourth-order valence-corrected chi connectivity index (χ4v) is 3.45. The molecule has 3 nitrogen and oxygen atoms in total. The van der Waals surface area contributed by atoms with E-state index in [1.54, 1.807) is 11.3 Å². The van der Waals surface area contributed by atoms with Crippen LogP contribution in [0.15, 0.2) is 15.9 Å². The van der Waals surface area contributed by atoms with Crippen molar-refractivity contribution in [3.8, 4) is 0 Å². The molecule has 2 rings (SSSR count). The van der Waals surface area contributed by atoms with Crippen LogP contribution in [0.2, 0.25) is 0 Å². The minimum atomic E-state index is -0.386. The second kappa shape index (κ2) is 5.29. The van der Waals surface area contributed by atoms with E-state index in [0.717, 1.165) is 35.3 Å². The van der Waals surface area contributed by atoms with Gasteiger partial charge < -0.3 is 10.6 Å². The molecule has 1 aliphatic rings. The molecule has 88 valence electrons. The Bertz CT molecular complexity index is 374. The molecule has 1 aromatic rings. The summed E-state index contributed by atoms with van der Waals surface area (Å²) < 4.78 is 1.06. The monoisotopic (exact) mass is 302 g/mol. The third-order valence-corrected chi connectivity index (χ3v) is 4.50. The van der Waals surface area contributed by atoms with Gasteiger partial charge in [0.15, 0.2) is 0 Å². The number of likely N-dealkylation sites (tertiary alicyclic amines) is 1. The van der Waals surface area contributed by atoms with Crippen LogP contribution in [-0.2, 0) is 11.2 Å². The second-order valence-corrected chi connectivity index (χ2v) is 5.99. The van der Waals surface area contributed by atoms with Crippen molar-refractivity contribution in [2.75, 3.05) is 13.1 Å². The van der Waals surface area contributed by atoms with Crippen LogP contribution in [0.25, 0.3) is 0 Å². The van der Waals surface area contributed by atoms with Gasteiger partial charge in [0, 0.05) is 34.2 Å². The lowest BCUT2D eigenvalue weighted by atomic mass is 10.1. The summed E-state index contributed by atoms with van der Waals surface area (Å²) in [6.07, 6.45) is 2.87. The fourth-order valence-electron chi connectivity index (χ4n) is 1.94. The zero-order chi connectivity index (χ0) is 11.5. The Hall–Kier alpha value is -0.390. The van der Waals surface area contributed by atoms with Gasteiger partial charge in [-0.15, -0.1) is 11.3 Å². The van der Waals surface area contributed by atoms with E-state index in [1.165, 1.54) is 0 Å². The molecule has 16 heavy (non-hydrogen) atoms. The summed E-state index contributed by atoms with van der Waals surface area (Å²) in [6.45, 7) is 1.75. The van der Waals surface area contributed by atoms with Crippen LogP contribution < -0.4 is 5.73 Å². The first-order valence-corrected chi connectivity index (χ1v) is 7.11. The van der Waals surface area contributed by atoms with Gasteiger partial charge in [-0.2, -0.15) is 0 Å². The van der Waals surface area contributed by atoms with Crippen LogP contribution in [0.5, 0.6) is 0 Å². The van der Waals surface area contributed by atoms with Gasteiger partial charge in [-0.1, -0.05) is 0 Å². The van der Waals surface area contributed by atoms with Crippen molar-refractivity contribution in [3.05, 3.63) is 20.8 Å². The van der Waals surface area contributed by atoms with Crippen LogP contribution in [0.4, 0.5) is 0 Å². The second-order valence-electron chi connectivity index (χ2n) is 4.07. The van der Waals surface area contributed by atoms with Gasteiger partial charge in [-0.25, -0.2) is 0 Å². The number of amides is 1. The summed E-state index contributed by atoms with van der Waals surface area (Å²) in [7, 11) is 0. The molecule has 2 heterocycles. The first-order chi connectivity index (χ1) is 7.66. The molecule has 0 spiro atoms. The highest BCUT2D eigenvalue weighted by atomic mass is 79.9. The molecule has 5 heteroatoms. The van der Waals surface area contributed by atoms with E-state index in [2.05, 4.69) is 15.9 Å². The Morgan fingerprint density at radius 3 is 2.81 bits per heavy atom. The maximum absolute atomic E-state index is 12.0. The van der Waals surface area contributed by atoms with Gasteiger partial charge in [-0.3, -0.25) is 4.79 Å². The molecule has 1 fully saturated rings. The Labute approximate surface area is 108 Å². The SMILES string of the molecule is NC(Cc1cc(Br)cs1)C(=O)N1CCCC1. The van der Waals surface area contributed by atoms with Crippen molar-refractivity contribution in [1.29, 1.82) is 0 Å². The van der Waals surface area contributed by atoms with Crippen LogP contribution in [0.1, 0.15) is 17.7 Å². The molecule has 1 amide bonds. The Morgan fingerprint density at radius 1 is 1.56 bits per heavy atom. The van der Waals surface area contributed by atoms with Crippen LogP contribution in [0.3, 0.4) is 0 Å². The molecule has 2 N–H and O–H groups in total. The lowest BCUT2D eigenvalue weighted by molar-refractivity contribution is -0.131. The Morgan fingerprint density at radius 2 is 2.25 bits per heavy atom. The zero-order valence-corrected chi connectivity index (χ0v) is 11.4. The molecule has 1 aliphatic heterocycles. The molecule has 0 bridgehead atoms. The van der Waals surface area contributed by atoms with Crippen molar-refractivity contribution in [2.24, 2.45) is 5.73 Å². The number of nitrogens with zero attached hydrogens (tertiary/aromatic N) is 1. The summed E-state index contributed by atoms with van der Waals surface area (Å²) in [5.41, 5.74) is 5.94. The van der Waals surface area contributed by atoms with Crippen molar-refractivity contribution < 1.29 is 4.79 Å². The van der Waals surface area contributed by atoms with E-state index in [-0.39, 0.29) is 11.9 Å². The zero-order valence-electron chi connectivity index (χ0n) is 8.99. The average molecular weight is 303 g/mol. The minimum Gasteiger partial charge on any atom is -0.341 e. The molecule has 0 aliphatic carbocycles. The Kier molecular flexibility index (Phi) is 4.00. The van der Waals surface area contributed by atoms with Gasteiger partial charge in [0.25, 0.3) is 0 Å². The molecule has 0 aromatic carbocycles. The first kappa shape index (κ1) is 12.1. The van der Waals surface area contributed by atoms with Crippen LogP contribution in [-0.4, -0.2) is 29.9 Å². The summed E-state index contributed by atoms with van der Waals surface area (Å²) >= 11 is 5.04. The lowest BCUT2D eigenvalue weighted by Gasteiger charge is -2.19. The molecular weight excluding hydrogens is 288 g/mol. The highest BCUT2D eigenvalue weighted by Crippen LogP contribution is 2.21. The summed E-state index contributed by atoms with van der Waals surface area (Å²) in [6, 6.07) is 1.64. The average Bonchev–Trinajstić information content (AvgIpc) is 2.88. The van der Waals surface area contributed by atoms with Crippen LogP contribution >= 0.6 is 27.3 Å². The molecule has 1 atom stereocenters. The maximum atomic E-state index is 12.0. The molecule has 1 unspecified atom stereocenters. The van der Waals surface area contributed by atoms with Gasteiger partial charge in [0.1, 0.15) is 0 Å². The number of carbonyl (C=O) groups excluding carboxylic acids is 1. The maximum Gasteiger partial charge on any atom is 0.239 e. The third-order valence-electron chi connectivity index (χ3n) is 2.78. The number of hydrogen-bond acceptors (Lipinski definition) is 3. The van der Waals surface area contributed by atoms with Crippen molar-refractivity contribution in [2.45, 2.75) is 25.3 Å². The van der Waals surface area contributed by atoms with Crippen LogP contribution in [0, 0.1) is 0 Å². The van der Waals surface area contributed by atoms with Gasteiger partial charge in [0.2, 0.25) is 5.91 Å². The van der Waals surface area contributed by atoms with Crippen molar-refractivity contribution in [3.63, 3.8) is 0 Å². The number of rotatable bonds is 3. The summed E-state index contributed by atoms with van der Waals surface area (Å²) in [5, 5.41) is 2.02. The molecule has 0 radical (unpaired) electrons. The Balaban J connectivity index is 1.91. The predicted molar refractivity (Wildman–Crippen MR) is 69.5 cm³/mol. The van der Waals surface area contributed by atoms with E-state index in [4.69, 9.17) is 5.73 Å². The number of nitrogens with two attached hydrogens (primary N) is 1. The highest BCUT2D eigenvalue weighted by Gasteiger charge is 2.23. The topological polar surface area (TPSA) is 46.3 Å². The van der Waals surface area contributed by atoms with Gasteiger partial charge in [0.05, 0.1) is 6.04 Å². The lowest BCUT2D eigenvalue weighted by Crippen LogP contribution is -2.43. The van der Waals surface area contributed by atoms with Gasteiger partial charge >= 0.3 is 0 Å². The van der Waals surface area contributed by atoms with E-state index >= 15 is 0 Å². The van der Waals surface area contributed by atoms with Crippen molar-refractivity contribution in [1.82, 2.24) is 4.90 Å². The molecule has 0 saturated carbocycles. The van der Waals surface area contributed by atoms with E-state index in [1.807, 2.05) is 16.3 Å². The summed E-state index contributed by atoms with van der Waals surface area (Å²) in [5.74, 6) is 0.0991. The number of thiophene rings is 1.